The molecule has 0 unspecified atom stereocenters. The van der Waals surface area contributed by atoms with Crippen LogP contribution in [0, 0.1) is 0 Å². The van der Waals surface area contributed by atoms with Crippen LogP contribution in [-0.2, 0) is 15.8 Å². The number of benzene rings is 2. The number of alkyl halides is 3. The van der Waals surface area contributed by atoms with E-state index in [0.717, 1.165) is 12.1 Å². The fraction of sp³-hybridized carbons (Fsp3) is 0.0625. The maximum Gasteiger partial charge on any atom is 0.417 e. The number of nitrogens with two attached hydrogens (primary N) is 1. The summed E-state index contributed by atoms with van der Waals surface area (Å²) in [5.74, 6) is -3.61. The van der Waals surface area contributed by atoms with Crippen LogP contribution in [0.1, 0.15) is 15.9 Å². The van der Waals surface area contributed by atoms with Crippen LogP contribution >= 0.6 is 11.6 Å². The van der Waals surface area contributed by atoms with Crippen molar-refractivity contribution in [2.75, 3.05) is 11.1 Å². The second kappa shape index (κ2) is 7.44. The molecule has 0 fully saturated rings. The summed E-state index contributed by atoms with van der Waals surface area (Å²) in [5, 5.41) is 3.19. The number of carbonyl (C=O) groups excluding carboxylic acids is 3. The van der Waals surface area contributed by atoms with Crippen LogP contribution in [0.15, 0.2) is 42.5 Å². The van der Waals surface area contributed by atoms with Gasteiger partial charge >= 0.3 is 18.0 Å². The standard InChI is InChI=1S/C16H11ClF3N3O3/c17-11-6-5-8(7-10(11)16(18,19)20)22-14(25)15(26)23-13(24)9-3-1-2-4-12(9)21/h1-7H,21H2,(H,22,25)(H,23,24,26). The average Bonchev–Trinajstić information content (AvgIpc) is 2.55. The summed E-state index contributed by atoms with van der Waals surface area (Å²) < 4.78 is 38.4. The van der Waals surface area contributed by atoms with Crippen molar-refractivity contribution in [1.29, 1.82) is 0 Å². The van der Waals surface area contributed by atoms with Gasteiger partial charge in [0, 0.05) is 11.4 Å². The Bertz CT molecular complexity index is 885. The number of hydrogen-bond acceptors (Lipinski definition) is 4. The van der Waals surface area contributed by atoms with E-state index in [4.69, 9.17) is 17.3 Å². The third-order valence-corrected chi connectivity index (χ3v) is 3.50. The van der Waals surface area contributed by atoms with E-state index >= 15 is 0 Å². The molecule has 136 valence electrons. The van der Waals surface area contributed by atoms with Gasteiger partial charge in [0.2, 0.25) is 0 Å². The van der Waals surface area contributed by atoms with E-state index in [1.807, 2.05) is 5.32 Å². The van der Waals surface area contributed by atoms with E-state index in [2.05, 4.69) is 0 Å². The molecule has 0 aliphatic carbocycles. The van der Waals surface area contributed by atoms with E-state index in [0.29, 0.717) is 6.07 Å². The molecule has 4 N–H and O–H groups in total. The number of para-hydroxylation sites is 1. The van der Waals surface area contributed by atoms with E-state index < -0.39 is 34.5 Å². The maximum absolute atomic E-state index is 12.8. The third kappa shape index (κ3) is 4.51. The predicted octanol–water partition coefficient (Wildman–Crippen LogP) is 2.84. The van der Waals surface area contributed by atoms with Gasteiger partial charge in [0.25, 0.3) is 5.91 Å². The van der Waals surface area contributed by atoms with E-state index in [9.17, 15) is 27.6 Å². The molecule has 0 aliphatic heterocycles. The zero-order valence-electron chi connectivity index (χ0n) is 12.9. The maximum atomic E-state index is 12.8. The summed E-state index contributed by atoms with van der Waals surface area (Å²) in [6, 6.07) is 8.41. The van der Waals surface area contributed by atoms with Crippen molar-refractivity contribution in [1.82, 2.24) is 5.32 Å². The van der Waals surface area contributed by atoms with Crippen LogP contribution < -0.4 is 16.4 Å². The average molecular weight is 386 g/mol. The number of carbonyl (C=O) groups is 3. The number of nitrogen functional groups attached to an aromatic ring is 1. The molecule has 3 amide bonds. The van der Waals surface area contributed by atoms with Crippen molar-refractivity contribution in [2.24, 2.45) is 0 Å². The molecule has 2 aromatic carbocycles. The van der Waals surface area contributed by atoms with Crippen molar-refractivity contribution < 1.29 is 27.6 Å². The van der Waals surface area contributed by atoms with Gasteiger partial charge < -0.3 is 11.1 Å². The second-order valence-electron chi connectivity index (χ2n) is 5.02. The lowest BCUT2D eigenvalue weighted by atomic mass is 10.1. The van der Waals surface area contributed by atoms with Gasteiger partial charge in [-0.05, 0) is 30.3 Å². The first-order valence-electron chi connectivity index (χ1n) is 6.97. The molecule has 26 heavy (non-hydrogen) atoms. The Labute approximate surface area is 150 Å². The van der Waals surface area contributed by atoms with Gasteiger partial charge in [0.1, 0.15) is 0 Å². The SMILES string of the molecule is Nc1ccccc1C(=O)NC(=O)C(=O)Nc1ccc(Cl)c(C(F)(F)F)c1. The Hall–Kier alpha value is -3.07. The fourth-order valence-electron chi connectivity index (χ4n) is 1.94. The Balaban J connectivity index is 2.09. The molecule has 0 spiro atoms. The highest BCUT2D eigenvalue weighted by Gasteiger charge is 2.33. The lowest BCUT2D eigenvalue weighted by Gasteiger charge is -2.11. The predicted molar refractivity (Wildman–Crippen MR) is 88.4 cm³/mol. The smallest absolute Gasteiger partial charge is 0.398 e. The topological polar surface area (TPSA) is 101 Å². The van der Waals surface area contributed by atoms with Gasteiger partial charge in [0.15, 0.2) is 0 Å². The first kappa shape index (κ1) is 19.3. The molecule has 0 atom stereocenters. The Morgan fingerprint density at radius 1 is 1.00 bits per heavy atom. The Morgan fingerprint density at radius 2 is 1.65 bits per heavy atom. The number of imide groups is 1. The third-order valence-electron chi connectivity index (χ3n) is 3.17. The molecule has 0 saturated heterocycles. The highest BCUT2D eigenvalue weighted by Crippen LogP contribution is 2.36. The van der Waals surface area contributed by atoms with Crippen LogP contribution in [0.4, 0.5) is 24.5 Å². The second-order valence-corrected chi connectivity index (χ2v) is 5.42. The summed E-state index contributed by atoms with van der Waals surface area (Å²) in [5.41, 5.74) is 4.15. The van der Waals surface area contributed by atoms with Crippen LogP contribution in [-0.4, -0.2) is 17.7 Å². The van der Waals surface area contributed by atoms with Crippen molar-refractivity contribution in [3.8, 4) is 0 Å². The van der Waals surface area contributed by atoms with E-state index in [-0.39, 0.29) is 16.9 Å². The highest BCUT2D eigenvalue weighted by atomic mass is 35.5. The van der Waals surface area contributed by atoms with Crippen LogP contribution in [0.5, 0.6) is 0 Å². The number of rotatable bonds is 2. The molecule has 0 aromatic heterocycles. The van der Waals surface area contributed by atoms with E-state index in [1.54, 1.807) is 11.4 Å². The van der Waals surface area contributed by atoms with Crippen molar-refractivity contribution >= 4 is 40.7 Å². The number of amides is 3. The number of halogens is 4. The molecule has 0 saturated carbocycles. The molecule has 10 heteroatoms. The molecule has 0 heterocycles. The molecule has 6 nitrogen and oxygen atoms in total. The van der Waals surface area contributed by atoms with Crippen molar-refractivity contribution in [3.63, 3.8) is 0 Å². The molecular weight excluding hydrogens is 375 g/mol. The zero-order chi connectivity index (χ0) is 19.5. The lowest BCUT2D eigenvalue weighted by Crippen LogP contribution is -2.39. The monoisotopic (exact) mass is 385 g/mol. The first-order chi connectivity index (χ1) is 12.1. The largest absolute Gasteiger partial charge is 0.417 e. The van der Waals surface area contributed by atoms with Gasteiger partial charge in [-0.3, -0.25) is 19.7 Å². The molecule has 0 aliphatic rings. The summed E-state index contributed by atoms with van der Waals surface area (Å²) in [6.07, 6.45) is -4.74. The number of nitrogens with one attached hydrogen (secondary N) is 2. The molecule has 0 radical (unpaired) electrons. The minimum atomic E-state index is -4.74. The van der Waals surface area contributed by atoms with Crippen molar-refractivity contribution in [3.05, 3.63) is 58.6 Å². The van der Waals surface area contributed by atoms with Gasteiger partial charge in [-0.2, -0.15) is 13.2 Å². The van der Waals surface area contributed by atoms with Gasteiger partial charge in [-0.15, -0.1) is 0 Å². The van der Waals surface area contributed by atoms with Crippen molar-refractivity contribution in [2.45, 2.75) is 6.18 Å². The molecule has 0 bridgehead atoms. The highest BCUT2D eigenvalue weighted by molar-refractivity contribution is 6.42. The summed E-state index contributed by atoms with van der Waals surface area (Å²) in [7, 11) is 0. The van der Waals surface area contributed by atoms with Crippen LogP contribution in [0.3, 0.4) is 0 Å². The number of hydrogen-bond donors (Lipinski definition) is 3. The van der Waals surface area contributed by atoms with Crippen LogP contribution in [0.2, 0.25) is 5.02 Å². The van der Waals surface area contributed by atoms with Crippen LogP contribution in [0.25, 0.3) is 0 Å². The van der Waals surface area contributed by atoms with Gasteiger partial charge in [0.05, 0.1) is 16.1 Å². The molecular formula is C16H11ClF3N3O3. The zero-order valence-corrected chi connectivity index (χ0v) is 13.6. The van der Waals surface area contributed by atoms with Gasteiger partial charge in [-0.25, -0.2) is 0 Å². The van der Waals surface area contributed by atoms with E-state index in [1.165, 1.54) is 18.2 Å². The summed E-state index contributed by atoms with van der Waals surface area (Å²) >= 11 is 5.46. The minimum absolute atomic E-state index is 0.0282. The Kier molecular flexibility index (Phi) is 5.51. The molecule has 2 aromatic rings. The first-order valence-corrected chi connectivity index (χ1v) is 7.35. The quantitative estimate of drug-likeness (QED) is 0.546. The minimum Gasteiger partial charge on any atom is -0.398 e. The fourth-order valence-corrected chi connectivity index (χ4v) is 2.16. The molecule has 2 rings (SSSR count). The Morgan fingerprint density at radius 3 is 2.27 bits per heavy atom. The summed E-state index contributed by atoms with van der Waals surface area (Å²) in [4.78, 5) is 35.5. The number of anilines is 2. The lowest BCUT2D eigenvalue weighted by molar-refractivity contribution is -0.137. The van der Waals surface area contributed by atoms with Gasteiger partial charge in [-0.1, -0.05) is 23.7 Å². The normalized spacial score (nSPS) is 10.9. The summed E-state index contributed by atoms with van der Waals surface area (Å²) in [6.45, 7) is 0.